The average molecular weight is 658 g/mol. The molecule has 4 radical (unpaired) electrons. The summed E-state index contributed by atoms with van der Waals surface area (Å²) in [6.07, 6.45) is 0. The maximum absolute atomic E-state index is 12.5. The first-order valence-corrected chi connectivity index (χ1v) is 10.6. The van der Waals surface area contributed by atoms with Crippen molar-refractivity contribution in [2.45, 2.75) is 0 Å². The van der Waals surface area contributed by atoms with Crippen LogP contribution in [0.4, 0.5) is 11.4 Å². The van der Waals surface area contributed by atoms with Gasteiger partial charge in [-0.3, -0.25) is 0 Å². The maximum Gasteiger partial charge on any atom is 0.110 e. The lowest BCUT2D eigenvalue weighted by Gasteiger charge is -2.04. The average Bonchev–Trinajstić information content (AvgIpc) is 2.26. The van der Waals surface area contributed by atoms with E-state index in [0.29, 0.717) is 14.3 Å². The van der Waals surface area contributed by atoms with Crippen LogP contribution in [0.1, 0.15) is 0 Å². The van der Waals surface area contributed by atoms with Gasteiger partial charge in [0.1, 0.15) is 87.1 Å². The summed E-state index contributed by atoms with van der Waals surface area (Å²) in [6, 6.07) is 2.67. The van der Waals surface area contributed by atoms with Crippen molar-refractivity contribution in [1.29, 1.82) is 0 Å². The third-order valence-corrected chi connectivity index (χ3v) is 8.66. The molecule has 1 rings (SSSR count). The van der Waals surface area contributed by atoms with Gasteiger partial charge in [0, 0.05) is 0 Å². The monoisotopic (exact) mass is 658 g/mol. The first kappa shape index (κ1) is 13.9. The van der Waals surface area contributed by atoms with Crippen molar-refractivity contribution < 1.29 is 11.4 Å². The summed E-state index contributed by atoms with van der Waals surface area (Å²) in [5.74, 6) is 0. The zero-order valence-corrected chi connectivity index (χ0v) is 14.8. The zero-order valence-electron chi connectivity index (χ0n) is 6.18. The smallest absolute Gasteiger partial charge is 0.110 e. The molecule has 0 aliphatic rings. The second-order valence-corrected chi connectivity index (χ2v) is 8.25. The standard InChI is InChI=1S/C6H2F4I4/c7-11-3-1-4(12-8)6(14-10)2-5(3)13-9/h1-2H. The van der Waals surface area contributed by atoms with Gasteiger partial charge >= 0.3 is 0 Å². The van der Waals surface area contributed by atoms with E-state index < -0.39 is 87.1 Å². The van der Waals surface area contributed by atoms with Gasteiger partial charge in [-0.15, -0.1) is 0 Å². The van der Waals surface area contributed by atoms with Gasteiger partial charge < -0.3 is 0 Å². The fourth-order valence-electron chi connectivity index (χ4n) is 0.717. The van der Waals surface area contributed by atoms with Crippen LogP contribution in [0.5, 0.6) is 0 Å². The molecule has 0 nitrogen and oxygen atoms in total. The Morgan fingerprint density at radius 2 is 0.786 bits per heavy atom. The Morgan fingerprint density at radius 1 is 0.571 bits per heavy atom. The third kappa shape index (κ3) is 3.43. The summed E-state index contributed by atoms with van der Waals surface area (Å²) in [6.45, 7) is 0. The molecule has 14 heavy (non-hydrogen) atoms. The maximum atomic E-state index is 12.5. The Balaban J connectivity index is 3.20. The van der Waals surface area contributed by atoms with Crippen molar-refractivity contribution in [3.63, 3.8) is 0 Å². The molecule has 82 valence electrons. The van der Waals surface area contributed by atoms with Gasteiger partial charge in [0.2, 0.25) is 0 Å². The molecule has 0 aliphatic carbocycles. The molecule has 1 aromatic rings. The molecule has 0 heterocycles. The van der Waals surface area contributed by atoms with Gasteiger partial charge in [0.05, 0.1) is 14.3 Å². The molecule has 0 saturated carbocycles. The van der Waals surface area contributed by atoms with Crippen LogP contribution in [-0.4, -0.2) is 0 Å². The first-order valence-electron chi connectivity index (χ1n) is 2.98. The second-order valence-electron chi connectivity index (χ2n) is 1.97. The molecule has 0 aromatic heterocycles. The van der Waals surface area contributed by atoms with E-state index in [-0.39, 0.29) is 0 Å². The summed E-state index contributed by atoms with van der Waals surface area (Å²) < 4.78 is 51.2. The molecule has 0 fully saturated rings. The zero-order chi connectivity index (χ0) is 10.6. The van der Waals surface area contributed by atoms with Crippen LogP contribution in [0.15, 0.2) is 12.1 Å². The van der Waals surface area contributed by atoms with Crippen LogP contribution in [0.2, 0.25) is 0 Å². The van der Waals surface area contributed by atoms with Crippen LogP contribution in [0, 0.1) is 14.3 Å². The highest BCUT2D eigenvalue weighted by atomic mass is 127. The van der Waals surface area contributed by atoms with Gasteiger partial charge in [-0.05, 0) is 12.1 Å². The van der Waals surface area contributed by atoms with Gasteiger partial charge in [-0.25, -0.2) is 0 Å². The molecule has 8 heteroatoms. The van der Waals surface area contributed by atoms with Crippen molar-refractivity contribution in [2.24, 2.45) is 0 Å². The van der Waals surface area contributed by atoms with Crippen LogP contribution < -0.4 is 0 Å². The van der Waals surface area contributed by atoms with E-state index in [1.807, 2.05) is 0 Å². The molecule has 0 atom stereocenters. The van der Waals surface area contributed by atoms with E-state index in [0.717, 1.165) is 0 Å². The lowest BCUT2D eigenvalue weighted by molar-refractivity contribution is 1.02. The van der Waals surface area contributed by atoms with Crippen LogP contribution in [0.25, 0.3) is 0 Å². The molecule has 0 unspecified atom stereocenters. The summed E-state index contributed by atoms with van der Waals surface area (Å²) in [5, 5.41) is 0. The van der Waals surface area contributed by atoms with E-state index in [2.05, 4.69) is 0 Å². The molecule has 0 bridgehead atoms. The predicted molar refractivity (Wildman–Crippen MR) is 81.7 cm³/mol. The van der Waals surface area contributed by atoms with Crippen molar-refractivity contribution >= 4 is 87.1 Å². The number of hydrogen-bond acceptors (Lipinski definition) is 0. The minimum atomic E-state index is -1.73. The summed E-state index contributed by atoms with van der Waals surface area (Å²) in [7, 11) is 0. The Hall–Kier alpha value is 1.86. The van der Waals surface area contributed by atoms with Crippen molar-refractivity contribution in [3.8, 4) is 0 Å². The number of hydrogen-bond donors (Lipinski definition) is 0. The number of rotatable bonds is 4. The topological polar surface area (TPSA) is 0 Å². The normalized spacial score (nSPS) is 10.6. The van der Waals surface area contributed by atoms with E-state index in [1.165, 1.54) is 12.1 Å². The lowest BCUT2D eigenvalue weighted by Crippen LogP contribution is -1.89. The number of benzene rings is 1. The Kier molecular flexibility index (Phi) is 7.20. The van der Waals surface area contributed by atoms with Crippen molar-refractivity contribution in [3.05, 3.63) is 26.4 Å². The Morgan fingerprint density at radius 3 is 0.929 bits per heavy atom. The van der Waals surface area contributed by atoms with Gasteiger partial charge in [0.25, 0.3) is 0 Å². The predicted octanol–water partition coefficient (Wildman–Crippen LogP) is 5.79. The molecular formula is C6H2F4I4. The van der Waals surface area contributed by atoms with Crippen LogP contribution in [0.3, 0.4) is 0 Å². The molecule has 0 aliphatic heterocycles. The molecule has 0 N–H and O–H groups in total. The SMILES string of the molecule is F[I]c1cc([I]F)c([I]F)cc1[I]F. The van der Waals surface area contributed by atoms with E-state index >= 15 is 0 Å². The first-order chi connectivity index (χ1) is 6.76. The van der Waals surface area contributed by atoms with Gasteiger partial charge in [0.15, 0.2) is 0 Å². The fraction of sp³-hybridized carbons (Fsp3) is 0. The Bertz CT molecular complexity index is 261. The van der Waals surface area contributed by atoms with Crippen molar-refractivity contribution in [1.82, 2.24) is 0 Å². The number of halogens is 8. The van der Waals surface area contributed by atoms with Crippen molar-refractivity contribution in [2.75, 3.05) is 0 Å². The van der Waals surface area contributed by atoms with Crippen LogP contribution >= 0.6 is 87.1 Å². The molecular weight excluding hydrogens is 656 g/mol. The summed E-state index contributed by atoms with van der Waals surface area (Å²) in [5.41, 5.74) is 0. The second kappa shape index (κ2) is 7.24. The van der Waals surface area contributed by atoms with E-state index in [1.54, 1.807) is 0 Å². The minimum Gasteiger partial charge on any atom is -0.179 e. The highest BCUT2D eigenvalue weighted by Crippen LogP contribution is 2.41. The molecule has 0 amide bonds. The largest absolute Gasteiger partial charge is 0.179 e. The summed E-state index contributed by atoms with van der Waals surface area (Å²) >= 11 is -6.93. The molecule has 0 spiro atoms. The molecule has 1 aromatic carbocycles. The third-order valence-electron chi connectivity index (χ3n) is 1.27. The highest BCUT2D eigenvalue weighted by molar-refractivity contribution is 14.2. The van der Waals surface area contributed by atoms with Gasteiger partial charge in [-0.2, -0.15) is 11.4 Å². The van der Waals surface area contributed by atoms with E-state index in [9.17, 15) is 11.4 Å². The fourth-order valence-corrected chi connectivity index (χ4v) is 7.09. The van der Waals surface area contributed by atoms with Gasteiger partial charge in [-0.1, -0.05) is 0 Å². The minimum absolute atomic E-state index is 0.299. The summed E-state index contributed by atoms with van der Waals surface area (Å²) in [4.78, 5) is 0. The van der Waals surface area contributed by atoms with E-state index in [4.69, 9.17) is 0 Å². The van der Waals surface area contributed by atoms with Crippen LogP contribution in [-0.2, 0) is 0 Å². The lowest BCUT2D eigenvalue weighted by atomic mass is 10.4. The quantitative estimate of drug-likeness (QED) is 0.219. The molecule has 0 saturated heterocycles. The Labute approximate surface area is 123 Å². The highest BCUT2D eigenvalue weighted by Gasteiger charge is 2.13.